The van der Waals surface area contributed by atoms with Crippen molar-refractivity contribution in [3.05, 3.63) is 91.0 Å². The molecule has 0 saturated heterocycles. The molecular formula is C24H20BrF2O3P. The standard InChI is InChI=1S/C24H20BrF2O3P/c1-2-30-23(29)21(22(28)24(25,26)27)31(18-12-6-3-7-13-18,19-14-8-4-9-15-19)20-16-10-5-11-17-20/h3-17H,2H2,1H3. The molecule has 0 N–H and O–H groups in total. The van der Waals surface area contributed by atoms with Gasteiger partial charge in [-0.15, -0.1) is 0 Å². The lowest BCUT2D eigenvalue weighted by Crippen LogP contribution is -2.43. The van der Waals surface area contributed by atoms with Crippen LogP contribution in [0.25, 0.3) is 0 Å². The van der Waals surface area contributed by atoms with Gasteiger partial charge in [-0.1, -0.05) is 91.0 Å². The van der Waals surface area contributed by atoms with E-state index in [0.29, 0.717) is 15.9 Å². The van der Waals surface area contributed by atoms with E-state index < -0.39 is 28.8 Å². The second-order valence-electron chi connectivity index (χ2n) is 6.57. The normalized spacial score (nSPS) is 11.6. The average Bonchev–Trinajstić information content (AvgIpc) is 2.78. The van der Waals surface area contributed by atoms with Crippen LogP contribution in [0, 0.1) is 0 Å². The number of benzene rings is 3. The van der Waals surface area contributed by atoms with E-state index in [2.05, 4.69) is 15.9 Å². The molecule has 0 unspecified atom stereocenters. The molecule has 0 atom stereocenters. The third kappa shape index (κ3) is 4.56. The Labute approximate surface area is 188 Å². The summed E-state index contributed by atoms with van der Waals surface area (Å²) in [6, 6.07) is 26.5. The van der Waals surface area contributed by atoms with Crippen molar-refractivity contribution in [2.24, 2.45) is 0 Å². The van der Waals surface area contributed by atoms with Crippen LogP contribution in [0.5, 0.6) is 0 Å². The van der Waals surface area contributed by atoms with Crippen molar-refractivity contribution in [1.82, 2.24) is 0 Å². The molecule has 0 aromatic heterocycles. The molecular weight excluding hydrogens is 485 g/mol. The summed E-state index contributed by atoms with van der Waals surface area (Å²) < 4.78 is 34.0. The van der Waals surface area contributed by atoms with Crippen LogP contribution in [0.15, 0.2) is 91.0 Å². The van der Waals surface area contributed by atoms with Crippen LogP contribution >= 0.6 is 22.8 Å². The first kappa shape index (κ1) is 23.1. The van der Waals surface area contributed by atoms with E-state index in [4.69, 9.17) is 4.74 Å². The van der Waals surface area contributed by atoms with Crippen LogP contribution in [-0.2, 0) is 14.3 Å². The predicted octanol–water partition coefficient (Wildman–Crippen LogP) is 4.27. The van der Waals surface area contributed by atoms with Crippen molar-refractivity contribution in [3.63, 3.8) is 0 Å². The van der Waals surface area contributed by atoms with Crippen molar-refractivity contribution in [2.45, 2.75) is 11.8 Å². The zero-order valence-electron chi connectivity index (χ0n) is 16.7. The predicted molar refractivity (Wildman–Crippen MR) is 126 cm³/mol. The molecule has 3 nitrogen and oxygen atoms in total. The molecule has 3 aromatic carbocycles. The van der Waals surface area contributed by atoms with Crippen molar-refractivity contribution < 1.29 is 23.1 Å². The van der Waals surface area contributed by atoms with Crippen molar-refractivity contribution in [1.29, 1.82) is 0 Å². The fourth-order valence-corrected chi connectivity index (χ4v) is 8.17. The molecule has 0 saturated carbocycles. The van der Waals surface area contributed by atoms with Crippen LogP contribution in [0.1, 0.15) is 6.92 Å². The van der Waals surface area contributed by atoms with Crippen molar-refractivity contribution >= 4 is 55.8 Å². The molecule has 31 heavy (non-hydrogen) atoms. The fourth-order valence-electron chi connectivity index (χ4n) is 3.50. The molecule has 0 aliphatic rings. The topological polar surface area (TPSA) is 43.4 Å². The van der Waals surface area contributed by atoms with Gasteiger partial charge < -0.3 is 4.74 Å². The third-order valence-corrected chi connectivity index (χ3v) is 9.34. The number of rotatable bonds is 7. The van der Waals surface area contributed by atoms with E-state index in [1.165, 1.54) is 0 Å². The number of esters is 1. The molecule has 3 rings (SSSR count). The van der Waals surface area contributed by atoms with Gasteiger partial charge in [-0.3, -0.25) is 4.79 Å². The van der Waals surface area contributed by atoms with Crippen molar-refractivity contribution in [3.8, 4) is 0 Å². The van der Waals surface area contributed by atoms with Crippen LogP contribution in [0.2, 0.25) is 0 Å². The number of hydrogen-bond donors (Lipinski definition) is 0. The molecule has 7 heteroatoms. The molecule has 0 aliphatic heterocycles. The number of ketones is 1. The maximum absolute atomic E-state index is 14.4. The van der Waals surface area contributed by atoms with Gasteiger partial charge in [0.25, 0.3) is 5.78 Å². The first-order chi connectivity index (χ1) is 14.8. The highest BCUT2D eigenvalue weighted by Crippen LogP contribution is 2.48. The number of carbonyl (C=O) groups excluding carboxylic acids is 2. The van der Waals surface area contributed by atoms with Gasteiger partial charge in [-0.25, -0.2) is 4.79 Å². The highest BCUT2D eigenvalue weighted by Gasteiger charge is 2.46. The van der Waals surface area contributed by atoms with Crippen LogP contribution < -0.4 is 15.9 Å². The molecule has 0 aliphatic carbocycles. The minimum absolute atomic E-state index is 0.0537. The third-order valence-electron chi connectivity index (χ3n) is 4.71. The summed E-state index contributed by atoms with van der Waals surface area (Å²) in [7, 11) is 0. The second-order valence-corrected chi connectivity index (χ2v) is 10.9. The van der Waals surface area contributed by atoms with E-state index in [1.807, 2.05) is 0 Å². The first-order valence-corrected chi connectivity index (χ1v) is 12.1. The summed E-state index contributed by atoms with van der Waals surface area (Å²) >= 11 is 2.18. The van der Waals surface area contributed by atoms with E-state index in [0.717, 1.165) is 0 Å². The molecule has 3 aromatic rings. The number of ether oxygens (including phenoxy) is 1. The Morgan fingerprint density at radius 2 is 1.16 bits per heavy atom. The Morgan fingerprint density at radius 1 is 0.806 bits per heavy atom. The fraction of sp³-hybridized carbons (Fsp3) is 0.125. The van der Waals surface area contributed by atoms with Crippen molar-refractivity contribution in [2.75, 3.05) is 6.61 Å². The lowest BCUT2D eigenvalue weighted by atomic mass is 10.3. The molecule has 160 valence electrons. The van der Waals surface area contributed by atoms with Gasteiger partial charge >= 0.3 is 10.8 Å². The van der Waals surface area contributed by atoms with E-state index in [-0.39, 0.29) is 6.61 Å². The molecule has 0 radical (unpaired) electrons. The maximum atomic E-state index is 14.4. The average molecular weight is 505 g/mol. The quantitative estimate of drug-likeness (QED) is 0.209. The minimum Gasteiger partial charge on any atom is -0.462 e. The number of hydrogen-bond acceptors (Lipinski definition) is 3. The zero-order valence-corrected chi connectivity index (χ0v) is 19.2. The number of Topliss-reactive ketones (excluding diaryl/α,β-unsaturated/α-hetero) is 1. The van der Waals surface area contributed by atoms with Crippen LogP contribution in [-0.4, -0.2) is 28.5 Å². The minimum atomic E-state index is -3.93. The molecule has 0 amide bonds. The maximum Gasteiger partial charge on any atom is 0.363 e. The second kappa shape index (κ2) is 9.71. The summed E-state index contributed by atoms with van der Waals surface area (Å²) in [5, 5.41) is 1.24. The molecule has 0 heterocycles. The lowest BCUT2D eigenvalue weighted by Gasteiger charge is -2.31. The zero-order chi connectivity index (χ0) is 22.5. The Balaban J connectivity index is 2.66. The van der Waals surface area contributed by atoms with Gasteiger partial charge in [0.2, 0.25) is 0 Å². The summed E-state index contributed by atoms with van der Waals surface area (Å²) in [6.45, 7) is -1.80. The lowest BCUT2D eigenvalue weighted by molar-refractivity contribution is -0.136. The monoisotopic (exact) mass is 504 g/mol. The SMILES string of the molecule is CCOC(=O)C(C(=O)C(F)(F)Br)=P(c1ccccc1)(c1ccccc1)c1ccccc1. The van der Waals surface area contributed by atoms with Crippen LogP contribution in [0.3, 0.4) is 0 Å². The first-order valence-electron chi connectivity index (χ1n) is 9.55. The summed E-state index contributed by atoms with van der Waals surface area (Å²) in [4.78, 5) is 22.4. The smallest absolute Gasteiger partial charge is 0.363 e. The Morgan fingerprint density at radius 3 is 1.45 bits per heavy atom. The van der Waals surface area contributed by atoms with Crippen LogP contribution in [0.4, 0.5) is 8.78 Å². The summed E-state index contributed by atoms with van der Waals surface area (Å²) in [5.74, 6) is -2.65. The van der Waals surface area contributed by atoms with Gasteiger partial charge in [-0.2, -0.15) is 8.78 Å². The largest absolute Gasteiger partial charge is 0.462 e. The van der Waals surface area contributed by atoms with Gasteiger partial charge in [0.1, 0.15) is 5.29 Å². The highest BCUT2D eigenvalue weighted by molar-refractivity contribution is 9.10. The van der Waals surface area contributed by atoms with Gasteiger partial charge in [0.15, 0.2) is 0 Å². The number of halogens is 3. The molecule has 0 bridgehead atoms. The molecule has 0 spiro atoms. The summed E-state index contributed by atoms with van der Waals surface area (Å²) in [5.41, 5.74) is 0. The van der Waals surface area contributed by atoms with E-state index >= 15 is 0 Å². The van der Waals surface area contributed by atoms with E-state index in [1.54, 1.807) is 97.9 Å². The Hall–Kier alpha value is -2.56. The highest BCUT2D eigenvalue weighted by atomic mass is 79.9. The number of carbonyl (C=O) groups is 2. The molecule has 0 fully saturated rings. The number of alkyl halides is 3. The Bertz CT molecular complexity index is 1010. The Kier molecular flexibility index (Phi) is 7.24. The van der Waals surface area contributed by atoms with Gasteiger partial charge in [0, 0.05) is 0 Å². The summed E-state index contributed by atoms with van der Waals surface area (Å²) in [6.07, 6.45) is 0. The van der Waals surface area contributed by atoms with Gasteiger partial charge in [0.05, 0.1) is 6.61 Å². The van der Waals surface area contributed by atoms with E-state index in [9.17, 15) is 18.4 Å². The van der Waals surface area contributed by atoms with Gasteiger partial charge in [-0.05, 0) is 45.7 Å².